The average Bonchev–Trinajstić information content (AvgIpc) is 2.68. The second-order valence-electron chi connectivity index (χ2n) is 5.82. The van der Waals surface area contributed by atoms with Gasteiger partial charge in [-0.2, -0.15) is 17.0 Å². The van der Waals surface area contributed by atoms with E-state index < -0.39 is 16.3 Å². The predicted molar refractivity (Wildman–Crippen MR) is 74.9 cm³/mol. The Morgan fingerprint density at radius 3 is 2.16 bits per heavy atom. The Bertz CT molecular complexity index is 375. The van der Waals surface area contributed by atoms with E-state index in [-0.39, 0.29) is 5.92 Å². The molecule has 0 aromatic heterocycles. The van der Waals surface area contributed by atoms with Gasteiger partial charge in [-0.3, -0.25) is 0 Å². The van der Waals surface area contributed by atoms with Crippen LogP contribution in [0, 0.1) is 5.92 Å². The monoisotopic (exact) mass is 290 g/mol. The topological polar surface area (TPSA) is 60.9 Å². The van der Waals surface area contributed by atoms with Gasteiger partial charge in [0.1, 0.15) is 0 Å². The van der Waals surface area contributed by atoms with E-state index >= 15 is 0 Å². The Hall–Kier alpha value is -0.170. The van der Waals surface area contributed by atoms with Crippen molar-refractivity contribution in [3.63, 3.8) is 0 Å². The molecule has 2 heterocycles. The summed E-state index contributed by atoms with van der Waals surface area (Å²) in [6.45, 7) is 4.13. The quantitative estimate of drug-likeness (QED) is 0.849. The second kappa shape index (κ2) is 6.52. The maximum atomic E-state index is 12.6. The number of hydrogen-bond donors (Lipinski definition) is 1. The van der Waals surface area contributed by atoms with E-state index in [1.54, 1.807) is 15.5 Å². The highest BCUT2D eigenvalue weighted by Crippen LogP contribution is 2.24. The Morgan fingerprint density at radius 1 is 1.00 bits per heavy atom. The number of hydrogen-bond acceptors (Lipinski definition) is 3. The highest BCUT2D eigenvalue weighted by Gasteiger charge is 2.34. The summed E-state index contributed by atoms with van der Waals surface area (Å²) in [5.41, 5.74) is 0. The van der Waals surface area contributed by atoms with Crippen molar-refractivity contribution in [2.75, 3.05) is 26.2 Å². The Balaban J connectivity index is 2.05. The average molecular weight is 290 g/mol. The van der Waals surface area contributed by atoms with Crippen LogP contribution in [-0.2, 0) is 10.2 Å². The van der Waals surface area contributed by atoms with E-state index in [2.05, 4.69) is 0 Å². The highest BCUT2D eigenvalue weighted by atomic mass is 32.2. The van der Waals surface area contributed by atoms with Crippen molar-refractivity contribution < 1.29 is 13.5 Å². The fourth-order valence-corrected chi connectivity index (χ4v) is 4.80. The van der Waals surface area contributed by atoms with Crippen LogP contribution < -0.4 is 0 Å². The fourth-order valence-electron chi connectivity index (χ4n) is 3.01. The first-order valence-electron chi connectivity index (χ1n) is 7.45. The summed E-state index contributed by atoms with van der Waals surface area (Å²) in [7, 11) is -3.32. The molecule has 6 heteroatoms. The van der Waals surface area contributed by atoms with Crippen LogP contribution in [0.15, 0.2) is 0 Å². The molecule has 112 valence electrons. The first-order chi connectivity index (χ1) is 9.01. The van der Waals surface area contributed by atoms with Gasteiger partial charge in [-0.15, -0.1) is 0 Å². The number of rotatable bonds is 3. The maximum absolute atomic E-state index is 12.6. The molecule has 1 N–H and O–H groups in total. The lowest BCUT2D eigenvalue weighted by Crippen LogP contribution is -2.49. The SMILES string of the molecule is CC(O)C1CCCN(S(=O)(=O)N2CCCCCC2)C1. The third-order valence-electron chi connectivity index (χ3n) is 4.32. The van der Waals surface area contributed by atoms with Gasteiger partial charge >= 0.3 is 0 Å². The van der Waals surface area contributed by atoms with Gasteiger partial charge in [0.25, 0.3) is 10.2 Å². The third kappa shape index (κ3) is 3.68. The van der Waals surface area contributed by atoms with Crippen molar-refractivity contribution in [2.24, 2.45) is 5.92 Å². The molecule has 2 atom stereocenters. The Labute approximate surface area is 116 Å². The lowest BCUT2D eigenvalue weighted by molar-refractivity contribution is 0.0866. The minimum Gasteiger partial charge on any atom is -0.393 e. The molecular formula is C13H26N2O3S. The van der Waals surface area contributed by atoms with Gasteiger partial charge in [-0.05, 0) is 38.5 Å². The number of aliphatic hydroxyl groups excluding tert-OH is 1. The molecule has 0 aliphatic carbocycles. The zero-order valence-corrected chi connectivity index (χ0v) is 12.6. The molecule has 2 aliphatic rings. The zero-order chi connectivity index (χ0) is 13.9. The molecule has 0 radical (unpaired) electrons. The van der Waals surface area contributed by atoms with Gasteiger partial charge in [0.15, 0.2) is 0 Å². The van der Waals surface area contributed by atoms with E-state index in [4.69, 9.17) is 0 Å². The van der Waals surface area contributed by atoms with Crippen LogP contribution in [0.3, 0.4) is 0 Å². The molecule has 0 amide bonds. The van der Waals surface area contributed by atoms with Crippen molar-refractivity contribution in [3.05, 3.63) is 0 Å². The van der Waals surface area contributed by atoms with Gasteiger partial charge < -0.3 is 5.11 Å². The first-order valence-corrected chi connectivity index (χ1v) is 8.85. The predicted octanol–water partition coefficient (Wildman–Crippen LogP) is 1.20. The molecule has 2 rings (SSSR count). The van der Waals surface area contributed by atoms with Crippen molar-refractivity contribution in [2.45, 2.75) is 51.6 Å². The number of nitrogens with zero attached hydrogens (tertiary/aromatic N) is 2. The van der Waals surface area contributed by atoms with Gasteiger partial charge in [0, 0.05) is 26.2 Å². The van der Waals surface area contributed by atoms with Crippen LogP contribution >= 0.6 is 0 Å². The van der Waals surface area contributed by atoms with Crippen LogP contribution in [-0.4, -0.2) is 54.4 Å². The third-order valence-corrected chi connectivity index (χ3v) is 6.32. The summed E-state index contributed by atoms with van der Waals surface area (Å²) in [5.74, 6) is 0.0792. The minimum absolute atomic E-state index is 0.0792. The van der Waals surface area contributed by atoms with Crippen LogP contribution in [0.25, 0.3) is 0 Å². The summed E-state index contributed by atoms with van der Waals surface area (Å²) in [5, 5.41) is 9.68. The molecule has 0 bridgehead atoms. The second-order valence-corrected chi connectivity index (χ2v) is 7.75. The zero-order valence-electron chi connectivity index (χ0n) is 11.8. The van der Waals surface area contributed by atoms with Crippen LogP contribution in [0.5, 0.6) is 0 Å². The Kier molecular flexibility index (Phi) is 5.22. The largest absolute Gasteiger partial charge is 0.393 e. The van der Waals surface area contributed by atoms with Crippen LogP contribution in [0.4, 0.5) is 0 Å². The molecule has 0 spiro atoms. The molecule has 0 aromatic carbocycles. The molecule has 2 unspecified atom stereocenters. The van der Waals surface area contributed by atoms with Gasteiger partial charge in [0.05, 0.1) is 6.10 Å². The van der Waals surface area contributed by atoms with Crippen LogP contribution in [0.2, 0.25) is 0 Å². The smallest absolute Gasteiger partial charge is 0.281 e. The normalized spacial score (nSPS) is 29.9. The van der Waals surface area contributed by atoms with E-state index in [9.17, 15) is 13.5 Å². The minimum atomic E-state index is -3.32. The summed E-state index contributed by atoms with van der Waals surface area (Å²) >= 11 is 0. The molecule has 19 heavy (non-hydrogen) atoms. The van der Waals surface area contributed by atoms with Crippen molar-refractivity contribution >= 4 is 10.2 Å². The lowest BCUT2D eigenvalue weighted by Gasteiger charge is -2.36. The first kappa shape index (κ1) is 15.2. The van der Waals surface area contributed by atoms with Crippen LogP contribution in [0.1, 0.15) is 45.4 Å². The van der Waals surface area contributed by atoms with Gasteiger partial charge in [-0.25, -0.2) is 0 Å². The summed E-state index contributed by atoms with van der Waals surface area (Å²) in [4.78, 5) is 0. The summed E-state index contributed by atoms with van der Waals surface area (Å²) < 4.78 is 28.5. The summed E-state index contributed by atoms with van der Waals surface area (Å²) in [6, 6.07) is 0. The lowest BCUT2D eigenvalue weighted by atomic mass is 9.95. The van der Waals surface area contributed by atoms with Crippen molar-refractivity contribution in [3.8, 4) is 0 Å². The molecule has 2 aliphatic heterocycles. The van der Waals surface area contributed by atoms with Crippen molar-refractivity contribution in [1.29, 1.82) is 0 Å². The fraction of sp³-hybridized carbons (Fsp3) is 1.00. The molecule has 0 aromatic rings. The maximum Gasteiger partial charge on any atom is 0.281 e. The Morgan fingerprint density at radius 2 is 1.58 bits per heavy atom. The standard InChI is InChI=1S/C13H26N2O3S/c1-12(16)13-7-6-10-15(11-13)19(17,18)14-8-4-2-3-5-9-14/h12-13,16H,2-11H2,1H3. The van der Waals surface area contributed by atoms with Gasteiger partial charge in [0.2, 0.25) is 0 Å². The molecular weight excluding hydrogens is 264 g/mol. The molecule has 2 fully saturated rings. The molecule has 0 saturated carbocycles. The van der Waals surface area contributed by atoms with Crippen molar-refractivity contribution in [1.82, 2.24) is 8.61 Å². The van der Waals surface area contributed by atoms with E-state index in [0.29, 0.717) is 26.2 Å². The van der Waals surface area contributed by atoms with E-state index in [1.165, 1.54) is 0 Å². The number of aliphatic hydroxyl groups is 1. The van der Waals surface area contributed by atoms with E-state index in [0.717, 1.165) is 38.5 Å². The van der Waals surface area contributed by atoms with E-state index in [1.807, 2.05) is 0 Å². The molecule has 2 saturated heterocycles. The van der Waals surface area contributed by atoms with Gasteiger partial charge in [-0.1, -0.05) is 12.8 Å². The molecule has 5 nitrogen and oxygen atoms in total. The number of piperidine rings is 1. The summed E-state index contributed by atoms with van der Waals surface area (Å²) in [6.07, 6.45) is 5.53. The highest BCUT2D eigenvalue weighted by molar-refractivity contribution is 7.86.